The normalized spacial score (nSPS) is 17.6. The number of likely N-dealkylation sites (N-methyl/N-ethyl adjacent to an activating group) is 1. The number of nitrogens with one attached hydrogen (secondary N) is 1. The molecule has 0 bridgehead atoms. The Morgan fingerprint density at radius 1 is 1.26 bits per heavy atom. The van der Waals surface area contributed by atoms with Crippen molar-refractivity contribution >= 4 is 0 Å². The highest BCUT2D eigenvalue weighted by atomic mass is 16.5. The number of hydrogen-bond donors (Lipinski definition) is 2. The molecule has 0 spiro atoms. The van der Waals surface area contributed by atoms with E-state index in [2.05, 4.69) is 22.4 Å². The predicted molar refractivity (Wildman–Crippen MR) is 75.2 cm³/mol. The zero-order valence-electron chi connectivity index (χ0n) is 11.7. The molecular weight excluding hydrogens is 242 g/mol. The smallest absolute Gasteiger partial charge is 0.161 e. The zero-order valence-corrected chi connectivity index (χ0v) is 11.7. The predicted octanol–water partition coefficient (Wildman–Crippen LogP) is 1.04. The van der Waals surface area contributed by atoms with E-state index in [4.69, 9.17) is 4.74 Å². The van der Waals surface area contributed by atoms with Crippen LogP contribution in [-0.4, -0.2) is 54.8 Å². The number of aromatic hydroxyl groups is 1. The summed E-state index contributed by atoms with van der Waals surface area (Å²) in [7, 11) is 2.14. The number of phenols is 1. The standard InChI is InChI=1S/C14H23N3O2/c1-3-19-14-10-12(4-5-13(14)18)11-15-17-8-6-16(2)7-9-17/h4-5,10,15,18H,3,6-9,11H2,1-2H3. The molecule has 0 aliphatic carbocycles. The molecule has 106 valence electrons. The first-order valence-electron chi connectivity index (χ1n) is 6.80. The third-order valence-corrected chi connectivity index (χ3v) is 3.33. The summed E-state index contributed by atoms with van der Waals surface area (Å²) in [4.78, 5) is 2.33. The van der Waals surface area contributed by atoms with E-state index < -0.39 is 0 Å². The summed E-state index contributed by atoms with van der Waals surface area (Å²) in [6.07, 6.45) is 0. The SMILES string of the molecule is CCOc1cc(CNN2CCN(C)CC2)ccc1O. The molecular formula is C14H23N3O2. The maximum absolute atomic E-state index is 9.65. The Hall–Kier alpha value is -1.30. The summed E-state index contributed by atoms with van der Waals surface area (Å²) >= 11 is 0. The summed E-state index contributed by atoms with van der Waals surface area (Å²) in [5.41, 5.74) is 4.53. The molecule has 1 aromatic rings. The van der Waals surface area contributed by atoms with Gasteiger partial charge in [-0.2, -0.15) is 0 Å². The van der Waals surface area contributed by atoms with E-state index in [9.17, 15) is 5.11 Å². The molecule has 1 aliphatic heterocycles. The lowest BCUT2D eigenvalue weighted by Crippen LogP contribution is -2.50. The lowest BCUT2D eigenvalue weighted by molar-refractivity contribution is 0.102. The topological polar surface area (TPSA) is 48.0 Å². The minimum absolute atomic E-state index is 0.199. The van der Waals surface area contributed by atoms with Crippen molar-refractivity contribution in [2.24, 2.45) is 0 Å². The fourth-order valence-electron chi connectivity index (χ4n) is 2.11. The maximum Gasteiger partial charge on any atom is 0.161 e. The van der Waals surface area contributed by atoms with Crippen molar-refractivity contribution in [1.82, 2.24) is 15.3 Å². The molecule has 1 aromatic carbocycles. The molecule has 0 unspecified atom stereocenters. The van der Waals surface area contributed by atoms with Crippen LogP contribution in [-0.2, 0) is 6.54 Å². The van der Waals surface area contributed by atoms with E-state index in [0.717, 1.165) is 38.3 Å². The molecule has 5 nitrogen and oxygen atoms in total. The molecule has 0 atom stereocenters. The van der Waals surface area contributed by atoms with Crippen molar-refractivity contribution in [2.45, 2.75) is 13.5 Å². The van der Waals surface area contributed by atoms with Crippen LogP contribution < -0.4 is 10.2 Å². The van der Waals surface area contributed by atoms with Crippen molar-refractivity contribution in [2.75, 3.05) is 39.8 Å². The molecule has 1 fully saturated rings. The van der Waals surface area contributed by atoms with Crippen molar-refractivity contribution in [3.8, 4) is 11.5 Å². The van der Waals surface area contributed by atoms with Crippen LogP contribution >= 0.6 is 0 Å². The summed E-state index contributed by atoms with van der Waals surface area (Å²) in [6.45, 7) is 7.47. The van der Waals surface area contributed by atoms with Gasteiger partial charge < -0.3 is 14.7 Å². The lowest BCUT2D eigenvalue weighted by atomic mass is 10.2. The van der Waals surface area contributed by atoms with Crippen molar-refractivity contribution < 1.29 is 9.84 Å². The third-order valence-electron chi connectivity index (χ3n) is 3.33. The lowest BCUT2D eigenvalue weighted by Gasteiger charge is -2.32. The van der Waals surface area contributed by atoms with Gasteiger partial charge in [-0.15, -0.1) is 0 Å². The number of rotatable bonds is 5. The van der Waals surface area contributed by atoms with Crippen molar-refractivity contribution in [3.63, 3.8) is 0 Å². The summed E-state index contributed by atoms with van der Waals surface area (Å²) in [5.74, 6) is 0.755. The van der Waals surface area contributed by atoms with Crippen LogP contribution in [0.1, 0.15) is 12.5 Å². The zero-order chi connectivity index (χ0) is 13.7. The number of benzene rings is 1. The first-order valence-corrected chi connectivity index (χ1v) is 6.80. The fraction of sp³-hybridized carbons (Fsp3) is 0.571. The highest BCUT2D eigenvalue weighted by molar-refractivity contribution is 5.41. The van der Waals surface area contributed by atoms with Crippen LogP contribution in [0, 0.1) is 0 Å². The molecule has 0 amide bonds. The highest BCUT2D eigenvalue weighted by Crippen LogP contribution is 2.26. The van der Waals surface area contributed by atoms with Gasteiger partial charge in [-0.05, 0) is 31.7 Å². The van der Waals surface area contributed by atoms with Gasteiger partial charge in [-0.25, -0.2) is 5.01 Å². The molecule has 2 N–H and O–H groups in total. The van der Waals surface area contributed by atoms with Crippen LogP contribution in [0.2, 0.25) is 0 Å². The van der Waals surface area contributed by atoms with Gasteiger partial charge in [0.15, 0.2) is 11.5 Å². The second-order valence-electron chi connectivity index (χ2n) is 4.86. The van der Waals surface area contributed by atoms with Gasteiger partial charge in [0, 0.05) is 32.7 Å². The van der Waals surface area contributed by atoms with Crippen molar-refractivity contribution in [1.29, 1.82) is 0 Å². The van der Waals surface area contributed by atoms with E-state index in [1.165, 1.54) is 0 Å². The van der Waals surface area contributed by atoms with Crippen LogP contribution in [0.3, 0.4) is 0 Å². The van der Waals surface area contributed by atoms with Gasteiger partial charge in [0.05, 0.1) is 6.61 Å². The number of hydrogen-bond acceptors (Lipinski definition) is 5. The molecule has 1 saturated heterocycles. The largest absolute Gasteiger partial charge is 0.504 e. The van der Waals surface area contributed by atoms with Crippen LogP contribution in [0.15, 0.2) is 18.2 Å². The highest BCUT2D eigenvalue weighted by Gasteiger charge is 2.13. The van der Waals surface area contributed by atoms with Crippen molar-refractivity contribution in [3.05, 3.63) is 23.8 Å². The van der Waals surface area contributed by atoms with E-state index in [0.29, 0.717) is 12.4 Å². The Morgan fingerprint density at radius 3 is 2.68 bits per heavy atom. The van der Waals surface area contributed by atoms with Gasteiger partial charge >= 0.3 is 0 Å². The summed E-state index contributed by atoms with van der Waals surface area (Å²) in [6, 6.07) is 5.49. The molecule has 5 heteroatoms. The summed E-state index contributed by atoms with van der Waals surface area (Å²) < 4.78 is 5.39. The fourth-order valence-corrected chi connectivity index (χ4v) is 2.11. The van der Waals surface area contributed by atoms with Crippen LogP contribution in [0.5, 0.6) is 11.5 Å². The molecule has 2 rings (SSSR count). The van der Waals surface area contributed by atoms with Gasteiger partial charge in [-0.1, -0.05) is 6.07 Å². The minimum atomic E-state index is 0.199. The average molecular weight is 265 g/mol. The first kappa shape index (κ1) is 14.1. The van der Waals surface area contributed by atoms with E-state index in [1.54, 1.807) is 6.07 Å². The van der Waals surface area contributed by atoms with Gasteiger partial charge in [0.25, 0.3) is 0 Å². The van der Waals surface area contributed by atoms with E-state index >= 15 is 0 Å². The number of nitrogens with zero attached hydrogens (tertiary/aromatic N) is 2. The second-order valence-corrected chi connectivity index (χ2v) is 4.86. The Bertz CT molecular complexity index is 404. The Balaban J connectivity index is 1.87. The van der Waals surface area contributed by atoms with Gasteiger partial charge in [0.1, 0.15) is 0 Å². The third kappa shape index (κ3) is 4.09. The molecule has 1 heterocycles. The van der Waals surface area contributed by atoms with E-state index in [-0.39, 0.29) is 5.75 Å². The molecule has 19 heavy (non-hydrogen) atoms. The Kier molecular flexibility index (Phi) is 5.01. The molecule has 0 aromatic heterocycles. The number of ether oxygens (including phenoxy) is 1. The van der Waals surface area contributed by atoms with Crippen LogP contribution in [0.25, 0.3) is 0 Å². The second kappa shape index (κ2) is 6.75. The van der Waals surface area contributed by atoms with E-state index in [1.807, 2.05) is 19.1 Å². The maximum atomic E-state index is 9.65. The quantitative estimate of drug-likeness (QED) is 0.833. The monoisotopic (exact) mass is 265 g/mol. The number of hydrazine groups is 1. The molecule has 0 radical (unpaired) electrons. The average Bonchev–Trinajstić information content (AvgIpc) is 2.42. The van der Waals surface area contributed by atoms with Gasteiger partial charge in [-0.3, -0.25) is 5.43 Å². The number of piperazine rings is 1. The number of phenolic OH excluding ortho intramolecular Hbond substituents is 1. The molecule has 0 saturated carbocycles. The Labute approximate surface area is 114 Å². The minimum Gasteiger partial charge on any atom is -0.504 e. The van der Waals surface area contributed by atoms with Crippen LogP contribution in [0.4, 0.5) is 0 Å². The molecule has 1 aliphatic rings. The Morgan fingerprint density at radius 2 is 2.00 bits per heavy atom. The first-order chi connectivity index (χ1) is 9.19. The summed E-state index contributed by atoms with van der Waals surface area (Å²) in [5, 5.41) is 11.9. The van der Waals surface area contributed by atoms with Gasteiger partial charge in [0.2, 0.25) is 0 Å².